The van der Waals surface area contributed by atoms with Gasteiger partial charge in [0.05, 0.1) is 5.69 Å². The number of nitrogens with zero attached hydrogens (tertiary/aromatic N) is 1. The number of pyridine rings is 1. The topological polar surface area (TPSA) is 26.0 Å². The van der Waals surface area contributed by atoms with Gasteiger partial charge in [-0.05, 0) is 58.2 Å². The Hall–Kier alpha value is -3.91. The number of benzene rings is 4. The molecule has 0 radical (unpaired) electrons. The Bertz CT molecular complexity index is 1650. The van der Waals surface area contributed by atoms with Crippen LogP contribution in [0.15, 0.2) is 102 Å². The largest absolute Gasteiger partial charge is 0.455 e. The predicted octanol–water partition coefficient (Wildman–Crippen LogP) is 9.06. The third-order valence-electron chi connectivity index (χ3n) is 6.41. The summed E-state index contributed by atoms with van der Waals surface area (Å²) in [7, 11) is 0. The molecule has 0 atom stereocenters. The maximum Gasteiger partial charge on any atom is 0.144 e. The predicted molar refractivity (Wildman–Crippen MR) is 143 cm³/mol. The first-order valence-corrected chi connectivity index (χ1v) is 11.9. The molecule has 0 N–H and O–H groups in total. The van der Waals surface area contributed by atoms with E-state index >= 15 is 0 Å². The molecule has 0 aliphatic heterocycles. The SMILES string of the molecule is CC(C)(C)Cc1ccnc(-c2cccc3c2oc2c4ccccc4cc(-c4ccccc4)c32)c1. The molecule has 2 heterocycles. The molecule has 2 heteroatoms. The fourth-order valence-corrected chi connectivity index (χ4v) is 5.02. The molecule has 0 bridgehead atoms. The third-order valence-corrected chi connectivity index (χ3v) is 6.41. The summed E-state index contributed by atoms with van der Waals surface area (Å²) >= 11 is 0. The van der Waals surface area contributed by atoms with Gasteiger partial charge in [0.1, 0.15) is 11.2 Å². The highest BCUT2D eigenvalue weighted by atomic mass is 16.3. The Morgan fingerprint density at radius 2 is 1.47 bits per heavy atom. The Balaban J connectivity index is 1.66. The molecule has 2 nitrogen and oxygen atoms in total. The van der Waals surface area contributed by atoms with Crippen LogP contribution in [0.5, 0.6) is 0 Å². The molecule has 6 aromatic rings. The molecule has 2 aromatic heterocycles. The van der Waals surface area contributed by atoms with Gasteiger partial charge in [-0.3, -0.25) is 4.98 Å². The number of fused-ring (bicyclic) bond motifs is 5. The van der Waals surface area contributed by atoms with Crippen LogP contribution in [0, 0.1) is 5.41 Å². The van der Waals surface area contributed by atoms with Gasteiger partial charge in [0.15, 0.2) is 0 Å². The Morgan fingerprint density at radius 1 is 0.706 bits per heavy atom. The number of hydrogen-bond donors (Lipinski definition) is 0. The van der Waals surface area contributed by atoms with Gasteiger partial charge in [-0.2, -0.15) is 0 Å². The summed E-state index contributed by atoms with van der Waals surface area (Å²) in [6, 6.07) is 32.1. The lowest BCUT2D eigenvalue weighted by atomic mass is 9.88. The lowest BCUT2D eigenvalue weighted by molar-refractivity contribution is 0.411. The Labute approximate surface area is 199 Å². The van der Waals surface area contributed by atoms with Crippen molar-refractivity contribution in [1.82, 2.24) is 4.98 Å². The van der Waals surface area contributed by atoms with Crippen molar-refractivity contribution in [2.45, 2.75) is 27.2 Å². The fourth-order valence-electron chi connectivity index (χ4n) is 5.02. The minimum absolute atomic E-state index is 0.216. The van der Waals surface area contributed by atoms with E-state index in [2.05, 4.69) is 112 Å². The Kier molecular flexibility index (Phi) is 4.77. The van der Waals surface area contributed by atoms with Gasteiger partial charge >= 0.3 is 0 Å². The zero-order valence-electron chi connectivity index (χ0n) is 19.8. The molecule has 0 aliphatic carbocycles. The monoisotopic (exact) mass is 441 g/mol. The second-order valence-corrected chi connectivity index (χ2v) is 10.3. The minimum atomic E-state index is 0.216. The quantitative estimate of drug-likeness (QED) is 0.274. The van der Waals surface area contributed by atoms with E-state index in [1.54, 1.807) is 0 Å². The molecule has 0 spiro atoms. The zero-order chi connectivity index (χ0) is 23.3. The molecule has 6 rings (SSSR count). The second-order valence-electron chi connectivity index (χ2n) is 10.3. The van der Waals surface area contributed by atoms with Gasteiger partial charge in [0.25, 0.3) is 0 Å². The van der Waals surface area contributed by atoms with Crippen molar-refractivity contribution >= 4 is 32.7 Å². The van der Waals surface area contributed by atoms with Crippen LogP contribution in [-0.4, -0.2) is 4.98 Å². The van der Waals surface area contributed by atoms with E-state index in [1.807, 2.05) is 6.20 Å². The summed E-state index contributed by atoms with van der Waals surface area (Å²) in [6.07, 6.45) is 2.92. The van der Waals surface area contributed by atoms with Crippen LogP contribution in [0.2, 0.25) is 0 Å². The summed E-state index contributed by atoms with van der Waals surface area (Å²) < 4.78 is 6.71. The Morgan fingerprint density at radius 3 is 2.29 bits per heavy atom. The first-order valence-electron chi connectivity index (χ1n) is 11.9. The normalized spacial score (nSPS) is 12.1. The van der Waals surface area contributed by atoms with Crippen LogP contribution in [0.25, 0.3) is 55.1 Å². The smallest absolute Gasteiger partial charge is 0.144 e. The maximum atomic E-state index is 6.71. The molecular weight excluding hydrogens is 414 g/mol. The van der Waals surface area contributed by atoms with Gasteiger partial charge in [0.2, 0.25) is 0 Å². The zero-order valence-corrected chi connectivity index (χ0v) is 19.8. The van der Waals surface area contributed by atoms with E-state index in [0.29, 0.717) is 0 Å². The van der Waals surface area contributed by atoms with Gasteiger partial charge in [-0.25, -0.2) is 0 Å². The highest BCUT2D eigenvalue weighted by molar-refractivity contribution is 6.22. The lowest BCUT2D eigenvalue weighted by Gasteiger charge is -2.18. The average molecular weight is 442 g/mol. The van der Waals surface area contributed by atoms with Gasteiger partial charge in [-0.15, -0.1) is 0 Å². The van der Waals surface area contributed by atoms with Crippen LogP contribution in [-0.2, 0) is 6.42 Å². The average Bonchev–Trinajstić information content (AvgIpc) is 3.23. The van der Waals surface area contributed by atoms with Crippen LogP contribution >= 0.6 is 0 Å². The van der Waals surface area contributed by atoms with Crippen molar-refractivity contribution in [2.24, 2.45) is 5.41 Å². The molecule has 0 saturated carbocycles. The molecule has 0 saturated heterocycles. The van der Waals surface area contributed by atoms with Crippen LogP contribution in [0.3, 0.4) is 0 Å². The van der Waals surface area contributed by atoms with Crippen LogP contribution < -0.4 is 0 Å². The van der Waals surface area contributed by atoms with E-state index < -0.39 is 0 Å². The number of para-hydroxylation sites is 1. The van der Waals surface area contributed by atoms with Crippen molar-refractivity contribution in [3.05, 3.63) is 103 Å². The number of rotatable bonds is 3. The van der Waals surface area contributed by atoms with Gasteiger partial charge < -0.3 is 4.42 Å². The summed E-state index contributed by atoms with van der Waals surface area (Å²) in [5.41, 5.74) is 7.71. The van der Waals surface area contributed by atoms with E-state index in [-0.39, 0.29) is 5.41 Å². The van der Waals surface area contributed by atoms with E-state index in [1.165, 1.54) is 22.1 Å². The van der Waals surface area contributed by atoms with E-state index in [4.69, 9.17) is 9.40 Å². The summed E-state index contributed by atoms with van der Waals surface area (Å²) in [5, 5.41) is 4.60. The lowest BCUT2D eigenvalue weighted by Crippen LogP contribution is -2.09. The van der Waals surface area contributed by atoms with Crippen LogP contribution in [0.4, 0.5) is 0 Å². The summed E-state index contributed by atoms with van der Waals surface area (Å²) in [5.74, 6) is 0. The molecule has 0 fully saturated rings. The summed E-state index contributed by atoms with van der Waals surface area (Å²) in [6.45, 7) is 6.80. The minimum Gasteiger partial charge on any atom is -0.455 e. The molecule has 0 aliphatic rings. The van der Waals surface area contributed by atoms with E-state index in [9.17, 15) is 0 Å². The highest BCUT2D eigenvalue weighted by Gasteiger charge is 2.19. The highest BCUT2D eigenvalue weighted by Crippen LogP contribution is 2.43. The van der Waals surface area contributed by atoms with Crippen molar-refractivity contribution in [1.29, 1.82) is 0 Å². The first-order chi connectivity index (χ1) is 16.5. The molecule has 0 unspecified atom stereocenters. The molecular formula is C32H27NO. The van der Waals surface area contributed by atoms with Gasteiger partial charge in [0, 0.05) is 27.9 Å². The van der Waals surface area contributed by atoms with Crippen molar-refractivity contribution in [3.8, 4) is 22.4 Å². The van der Waals surface area contributed by atoms with Gasteiger partial charge in [-0.1, -0.05) is 87.5 Å². The maximum absolute atomic E-state index is 6.71. The molecule has 4 aromatic carbocycles. The second kappa shape index (κ2) is 7.85. The third kappa shape index (κ3) is 3.56. The van der Waals surface area contributed by atoms with Crippen LogP contribution in [0.1, 0.15) is 26.3 Å². The number of hydrogen-bond acceptors (Lipinski definition) is 2. The van der Waals surface area contributed by atoms with E-state index in [0.717, 1.165) is 45.0 Å². The number of aromatic nitrogens is 1. The molecule has 166 valence electrons. The fraction of sp³-hybridized carbons (Fsp3) is 0.156. The van der Waals surface area contributed by atoms with Crippen molar-refractivity contribution in [3.63, 3.8) is 0 Å². The number of furan rings is 1. The summed E-state index contributed by atoms with van der Waals surface area (Å²) in [4.78, 5) is 4.74. The molecule has 0 amide bonds. The van der Waals surface area contributed by atoms with Crippen molar-refractivity contribution in [2.75, 3.05) is 0 Å². The standard InChI is InChI=1S/C32H27NO/c1-32(2,3)20-21-16-17-33-28(18-21)25-14-9-15-26-29-27(22-10-5-4-6-11-22)19-23-12-7-8-13-24(23)31(29)34-30(25)26/h4-19H,20H2,1-3H3. The first kappa shape index (κ1) is 20.7. The van der Waals surface area contributed by atoms with Crippen molar-refractivity contribution < 1.29 is 4.42 Å². The molecule has 34 heavy (non-hydrogen) atoms.